The highest BCUT2D eigenvalue weighted by atomic mass is 16.5. The number of nitrogens with one attached hydrogen (secondary N) is 1. The number of esters is 1. The zero-order valence-corrected chi connectivity index (χ0v) is 13.4. The molecule has 3 rings (SSSR count). The maximum absolute atomic E-state index is 12.1. The van der Waals surface area contributed by atoms with Gasteiger partial charge in [-0.3, -0.25) is 4.79 Å². The average molecular weight is 348 g/mol. The lowest BCUT2D eigenvalue weighted by Gasteiger charge is -2.07. The highest BCUT2D eigenvalue weighted by molar-refractivity contribution is 5.97. The van der Waals surface area contributed by atoms with E-state index in [1.807, 2.05) is 6.07 Å². The lowest BCUT2D eigenvalue weighted by atomic mass is 10.2. The molecule has 0 saturated carbocycles. The van der Waals surface area contributed by atoms with Gasteiger partial charge in [-0.15, -0.1) is 0 Å². The van der Waals surface area contributed by atoms with E-state index < -0.39 is 24.1 Å². The van der Waals surface area contributed by atoms with Crippen molar-refractivity contribution in [1.29, 1.82) is 5.26 Å². The van der Waals surface area contributed by atoms with Crippen molar-refractivity contribution in [3.05, 3.63) is 76.1 Å². The lowest BCUT2D eigenvalue weighted by Crippen LogP contribution is -2.23. The number of hydrogen-bond donors (Lipinski definition) is 1. The molecular formula is C19H12N2O5. The number of nitrogens with zero attached hydrogens (tertiary/aromatic N) is 1. The van der Waals surface area contributed by atoms with E-state index in [0.29, 0.717) is 16.7 Å². The van der Waals surface area contributed by atoms with Gasteiger partial charge in [0.05, 0.1) is 11.3 Å². The standard InChI is InChI=1S/C19H12N2O5/c20-10-13-6-1-3-7-15(13)21-17(22)11-25-18(23)14-9-12-5-2-4-8-16(12)26-19(14)24/h1-9H,11H2,(H,21,22). The molecule has 1 N–H and O–H groups in total. The summed E-state index contributed by atoms with van der Waals surface area (Å²) in [7, 11) is 0. The van der Waals surface area contributed by atoms with Crippen molar-refractivity contribution in [2.45, 2.75) is 0 Å². The van der Waals surface area contributed by atoms with Crippen molar-refractivity contribution in [2.75, 3.05) is 11.9 Å². The van der Waals surface area contributed by atoms with Gasteiger partial charge in [0.25, 0.3) is 5.91 Å². The molecule has 26 heavy (non-hydrogen) atoms. The van der Waals surface area contributed by atoms with Crippen LogP contribution in [0.15, 0.2) is 63.8 Å². The number of nitriles is 1. The number of anilines is 1. The molecule has 0 atom stereocenters. The zero-order chi connectivity index (χ0) is 18.5. The summed E-state index contributed by atoms with van der Waals surface area (Å²) in [6, 6.07) is 16.4. The Morgan fingerprint density at radius 1 is 1.12 bits per heavy atom. The smallest absolute Gasteiger partial charge is 0.351 e. The molecule has 0 saturated heterocycles. The Kier molecular flexibility index (Phi) is 4.76. The zero-order valence-electron chi connectivity index (χ0n) is 13.4. The third kappa shape index (κ3) is 3.60. The summed E-state index contributed by atoms with van der Waals surface area (Å²) >= 11 is 0. The minimum Gasteiger partial charge on any atom is -0.452 e. The van der Waals surface area contributed by atoms with Crippen LogP contribution in [0.2, 0.25) is 0 Å². The van der Waals surface area contributed by atoms with Gasteiger partial charge in [0, 0.05) is 5.39 Å². The normalized spacial score (nSPS) is 10.1. The summed E-state index contributed by atoms with van der Waals surface area (Å²) in [5.41, 5.74) is -0.207. The van der Waals surface area contributed by atoms with Crippen LogP contribution in [0.25, 0.3) is 11.0 Å². The number of amides is 1. The van der Waals surface area contributed by atoms with E-state index >= 15 is 0 Å². The maximum Gasteiger partial charge on any atom is 0.351 e. The van der Waals surface area contributed by atoms with Crippen molar-refractivity contribution in [1.82, 2.24) is 0 Å². The number of para-hydroxylation sites is 2. The summed E-state index contributed by atoms with van der Waals surface area (Å²) in [6.45, 7) is -0.606. The Morgan fingerprint density at radius 2 is 1.85 bits per heavy atom. The summed E-state index contributed by atoms with van der Waals surface area (Å²) in [4.78, 5) is 35.9. The van der Waals surface area contributed by atoms with E-state index in [2.05, 4.69) is 5.32 Å². The van der Waals surface area contributed by atoms with E-state index in [1.54, 1.807) is 48.5 Å². The summed E-state index contributed by atoms with van der Waals surface area (Å²) in [5.74, 6) is -1.60. The second-order valence-corrected chi connectivity index (χ2v) is 5.27. The average Bonchev–Trinajstić information content (AvgIpc) is 2.66. The van der Waals surface area contributed by atoms with E-state index in [9.17, 15) is 14.4 Å². The molecule has 0 spiro atoms. The molecule has 0 bridgehead atoms. The number of rotatable bonds is 4. The number of ether oxygens (including phenoxy) is 1. The maximum atomic E-state index is 12.1. The second-order valence-electron chi connectivity index (χ2n) is 5.27. The van der Waals surface area contributed by atoms with E-state index in [0.717, 1.165) is 0 Å². The number of carbonyl (C=O) groups is 2. The predicted octanol–water partition coefficient (Wildman–Crippen LogP) is 2.46. The van der Waals surface area contributed by atoms with Crippen LogP contribution in [0.5, 0.6) is 0 Å². The molecule has 0 aliphatic carbocycles. The monoisotopic (exact) mass is 348 g/mol. The molecule has 7 nitrogen and oxygen atoms in total. The lowest BCUT2D eigenvalue weighted by molar-refractivity contribution is -0.119. The van der Waals surface area contributed by atoms with Crippen molar-refractivity contribution in [3.63, 3.8) is 0 Å². The molecule has 0 fully saturated rings. The summed E-state index contributed by atoms with van der Waals surface area (Å²) in [6.07, 6.45) is 0. The van der Waals surface area contributed by atoms with Crippen molar-refractivity contribution < 1.29 is 18.7 Å². The summed E-state index contributed by atoms with van der Waals surface area (Å²) < 4.78 is 9.93. The largest absolute Gasteiger partial charge is 0.452 e. The second kappa shape index (κ2) is 7.32. The number of fused-ring (bicyclic) bond motifs is 1. The number of hydrogen-bond acceptors (Lipinski definition) is 6. The van der Waals surface area contributed by atoms with Gasteiger partial charge in [0.15, 0.2) is 6.61 Å². The minimum absolute atomic E-state index is 0.280. The van der Waals surface area contributed by atoms with Gasteiger partial charge < -0.3 is 14.5 Å². The summed E-state index contributed by atoms with van der Waals surface area (Å²) in [5, 5.41) is 12.0. The van der Waals surface area contributed by atoms with E-state index in [4.69, 9.17) is 14.4 Å². The van der Waals surface area contributed by atoms with Crippen molar-refractivity contribution >= 4 is 28.5 Å². The van der Waals surface area contributed by atoms with Crippen LogP contribution < -0.4 is 10.9 Å². The third-order valence-corrected chi connectivity index (χ3v) is 3.52. The Bertz CT molecular complexity index is 1090. The number of benzene rings is 2. The van der Waals surface area contributed by atoms with Gasteiger partial charge in [-0.25, -0.2) is 9.59 Å². The Hall–Kier alpha value is -3.92. The first kappa shape index (κ1) is 16.9. The van der Waals surface area contributed by atoms with E-state index in [-0.39, 0.29) is 11.1 Å². The quantitative estimate of drug-likeness (QED) is 0.573. The molecule has 3 aromatic rings. The SMILES string of the molecule is N#Cc1ccccc1NC(=O)COC(=O)c1cc2ccccc2oc1=O. The Morgan fingerprint density at radius 3 is 2.65 bits per heavy atom. The fraction of sp³-hybridized carbons (Fsp3) is 0.0526. The van der Waals surface area contributed by atoms with Gasteiger partial charge in [-0.05, 0) is 24.3 Å². The van der Waals surface area contributed by atoms with Crippen LogP contribution in [-0.4, -0.2) is 18.5 Å². The van der Waals surface area contributed by atoms with Crippen LogP contribution >= 0.6 is 0 Å². The molecule has 128 valence electrons. The van der Waals surface area contributed by atoms with Gasteiger partial charge in [0.1, 0.15) is 17.2 Å². The molecule has 0 aliphatic rings. The molecule has 0 unspecified atom stereocenters. The molecule has 7 heteroatoms. The van der Waals surface area contributed by atoms with Gasteiger partial charge in [-0.1, -0.05) is 30.3 Å². The topological polar surface area (TPSA) is 109 Å². The highest BCUT2D eigenvalue weighted by Crippen LogP contribution is 2.14. The number of carbonyl (C=O) groups excluding carboxylic acids is 2. The van der Waals surface area contributed by atoms with Crippen LogP contribution in [0.1, 0.15) is 15.9 Å². The predicted molar refractivity (Wildman–Crippen MR) is 92.6 cm³/mol. The van der Waals surface area contributed by atoms with Crippen LogP contribution in [0.4, 0.5) is 5.69 Å². The molecule has 1 aromatic heterocycles. The molecule has 1 heterocycles. The highest BCUT2D eigenvalue weighted by Gasteiger charge is 2.17. The fourth-order valence-corrected chi connectivity index (χ4v) is 2.29. The first-order valence-corrected chi connectivity index (χ1v) is 7.57. The molecular weight excluding hydrogens is 336 g/mol. The van der Waals surface area contributed by atoms with Gasteiger partial charge in [0.2, 0.25) is 0 Å². The van der Waals surface area contributed by atoms with Crippen LogP contribution in [0, 0.1) is 11.3 Å². The molecule has 2 aromatic carbocycles. The third-order valence-electron chi connectivity index (χ3n) is 3.52. The fourth-order valence-electron chi connectivity index (χ4n) is 2.29. The minimum atomic E-state index is -0.965. The van der Waals surface area contributed by atoms with Crippen molar-refractivity contribution in [2.24, 2.45) is 0 Å². The first-order valence-electron chi connectivity index (χ1n) is 7.57. The molecule has 0 radical (unpaired) electrons. The van der Waals surface area contributed by atoms with Crippen LogP contribution in [0.3, 0.4) is 0 Å². The van der Waals surface area contributed by atoms with Gasteiger partial charge >= 0.3 is 11.6 Å². The Labute approximate surface area is 147 Å². The van der Waals surface area contributed by atoms with Crippen LogP contribution in [-0.2, 0) is 9.53 Å². The Balaban J connectivity index is 1.69. The molecule has 1 amide bonds. The van der Waals surface area contributed by atoms with Crippen molar-refractivity contribution in [3.8, 4) is 6.07 Å². The van der Waals surface area contributed by atoms with Gasteiger partial charge in [-0.2, -0.15) is 5.26 Å². The molecule has 0 aliphatic heterocycles. The first-order chi connectivity index (χ1) is 12.6. The van der Waals surface area contributed by atoms with E-state index in [1.165, 1.54) is 6.07 Å².